The van der Waals surface area contributed by atoms with Gasteiger partial charge in [-0.15, -0.1) is 0 Å². The normalized spacial score (nSPS) is 16.8. The molecule has 0 saturated carbocycles. The van der Waals surface area contributed by atoms with Crippen LogP contribution in [0.1, 0.15) is 67.5 Å². The molecule has 1 amide bonds. The van der Waals surface area contributed by atoms with E-state index < -0.39 is 5.91 Å². The molecule has 3 atom stereocenters. The highest BCUT2D eigenvalue weighted by Gasteiger charge is 2.34. The van der Waals surface area contributed by atoms with Crippen LogP contribution in [0, 0.1) is 19.7 Å². The number of anilines is 3. The van der Waals surface area contributed by atoms with Gasteiger partial charge in [0.25, 0.3) is 11.5 Å². The number of amides is 1. The minimum absolute atomic E-state index is 0.0283. The fourth-order valence-corrected chi connectivity index (χ4v) is 5.79. The van der Waals surface area contributed by atoms with E-state index in [-0.39, 0.29) is 40.3 Å². The highest BCUT2D eigenvalue weighted by Crippen LogP contribution is 2.32. The molecule has 1 aliphatic rings. The number of pyridine rings is 2. The Kier molecular flexibility index (Phi) is 9.78. The lowest BCUT2D eigenvalue weighted by atomic mass is 10.0. The number of carbonyl (C=O) groups is 1. The zero-order chi connectivity index (χ0) is 32.5. The predicted molar refractivity (Wildman–Crippen MR) is 175 cm³/mol. The average molecular weight is 623 g/mol. The molecule has 2 unspecified atom stereocenters. The van der Waals surface area contributed by atoms with Gasteiger partial charge in [0.2, 0.25) is 5.95 Å². The van der Waals surface area contributed by atoms with Gasteiger partial charge in [-0.3, -0.25) is 19.1 Å². The Balaban J connectivity index is 0.00000216. The fraction of sp³-hybridized carbons (Fsp3) is 0.406. The van der Waals surface area contributed by atoms with E-state index >= 15 is 0 Å². The smallest absolute Gasteiger partial charge is 0.269 e. The standard InChI is InChI=1S/C30H34ClFN8O2.C2H6/c1-15-9-21(17(3)35-24-7-8-25(31)36-27(24)28(33)41)26-22(10-15)29(42)39(6)30(37-26)40-14-20(11-16(40)2)38(5)19-12-23(32)18(4)34-13-19;1-2/h7-10,12-13,16-17,20,35H,11,14H2,1-6H3,(H2,33,41);1-2H3/t16?,17?,20-;/m0./s1. The molecule has 1 aromatic carbocycles. The molecule has 5 rings (SSSR count). The number of carbonyl (C=O) groups excluding carboxylic acids is 1. The van der Waals surface area contributed by atoms with Crippen molar-refractivity contribution in [3.63, 3.8) is 0 Å². The van der Waals surface area contributed by atoms with Crippen molar-refractivity contribution in [3.8, 4) is 0 Å². The second kappa shape index (κ2) is 13.2. The molecule has 4 aromatic rings. The van der Waals surface area contributed by atoms with E-state index in [1.54, 1.807) is 36.9 Å². The van der Waals surface area contributed by atoms with Crippen molar-refractivity contribution in [3.05, 3.63) is 80.4 Å². The molecule has 1 aliphatic heterocycles. The number of aryl methyl sites for hydroxylation is 2. The van der Waals surface area contributed by atoms with Gasteiger partial charge in [-0.25, -0.2) is 14.4 Å². The Morgan fingerprint density at radius 3 is 2.57 bits per heavy atom. The van der Waals surface area contributed by atoms with Crippen molar-refractivity contribution >= 4 is 45.7 Å². The van der Waals surface area contributed by atoms with Crippen molar-refractivity contribution in [2.45, 2.75) is 66.1 Å². The maximum atomic E-state index is 14.3. The molecule has 12 heteroatoms. The number of aromatic nitrogens is 4. The first-order chi connectivity index (χ1) is 20.8. The third-order valence-corrected chi connectivity index (χ3v) is 8.25. The first kappa shape index (κ1) is 32.7. The number of hydrogen-bond donors (Lipinski definition) is 2. The number of nitrogens with two attached hydrogens (primary N) is 1. The monoisotopic (exact) mass is 622 g/mol. The summed E-state index contributed by atoms with van der Waals surface area (Å²) in [5.41, 5.74) is 9.15. The van der Waals surface area contributed by atoms with Crippen LogP contribution >= 0.6 is 11.6 Å². The molecule has 3 N–H and O–H groups in total. The molecule has 0 aliphatic carbocycles. The third kappa shape index (κ3) is 6.33. The number of nitrogens with one attached hydrogen (secondary N) is 1. The van der Waals surface area contributed by atoms with E-state index in [0.29, 0.717) is 40.5 Å². The number of hydrogen-bond acceptors (Lipinski definition) is 8. The Morgan fingerprint density at radius 2 is 1.91 bits per heavy atom. The second-order valence-electron chi connectivity index (χ2n) is 11.0. The largest absolute Gasteiger partial charge is 0.377 e. The van der Waals surface area contributed by atoms with Crippen LogP contribution in [0.4, 0.5) is 21.7 Å². The van der Waals surface area contributed by atoms with E-state index in [0.717, 1.165) is 17.5 Å². The van der Waals surface area contributed by atoms with E-state index in [9.17, 15) is 14.0 Å². The summed E-state index contributed by atoms with van der Waals surface area (Å²) in [6.45, 7) is 12.2. The predicted octanol–water partition coefficient (Wildman–Crippen LogP) is 5.53. The summed E-state index contributed by atoms with van der Waals surface area (Å²) in [5, 5.41) is 3.96. The van der Waals surface area contributed by atoms with E-state index in [1.165, 1.54) is 6.07 Å². The fourth-order valence-electron chi connectivity index (χ4n) is 5.64. The van der Waals surface area contributed by atoms with Crippen molar-refractivity contribution in [2.75, 3.05) is 28.7 Å². The molecule has 234 valence electrons. The highest BCUT2D eigenvalue weighted by atomic mass is 35.5. The molecule has 0 bridgehead atoms. The van der Waals surface area contributed by atoms with Crippen LogP contribution in [0.2, 0.25) is 5.15 Å². The summed E-state index contributed by atoms with van der Waals surface area (Å²) in [4.78, 5) is 43.2. The summed E-state index contributed by atoms with van der Waals surface area (Å²) >= 11 is 5.99. The van der Waals surface area contributed by atoms with Crippen LogP contribution < -0.4 is 26.4 Å². The number of primary amides is 1. The maximum Gasteiger partial charge on any atom is 0.269 e. The van der Waals surface area contributed by atoms with Gasteiger partial charge < -0.3 is 20.9 Å². The minimum Gasteiger partial charge on any atom is -0.377 e. The molecule has 0 spiro atoms. The van der Waals surface area contributed by atoms with Crippen LogP contribution in [0.5, 0.6) is 0 Å². The van der Waals surface area contributed by atoms with Crippen molar-refractivity contribution in [1.29, 1.82) is 0 Å². The Bertz CT molecular complexity index is 1760. The second-order valence-corrected chi connectivity index (χ2v) is 11.4. The van der Waals surface area contributed by atoms with E-state index in [2.05, 4.69) is 27.1 Å². The molecular weight excluding hydrogens is 583 g/mol. The minimum atomic E-state index is -0.706. The first-order valence-corrected chi connectivity index (χ1v) is 15.1. The topological polar surface area (TPSA) is 122 Å². The summed E-state index contributed by atoms with van der Waals surface area (Å²) in [6.07, 6.45) is 2.47. The van der Waals surface area contributed by atoms with E-state index in [4.69, 9.17) is 22.3 Å². The molecule has 4 heterocycles. The number of fused-ring (bicyclic) bond motifs is 1. The summed E-state index contributed by atoms with van der Waals surface area (Å²) < 4.78 is 15.8. The van der Waals surface area contributed by atoms with Crippen LogP contribution in [-0.4, -0.2) is 51.1 Å². The van der Waals surface area contributed by atoms with Gasteiger partial charge in [-0.05, 0) is 57.9 Å². The molecule has 1 fully saturated rings. The quantitative estimate of drug-likeness (QED) is 0.258. The van der Waals surface area contributed by atoms with Crippen LogP contribution in [0.3, 0.4) is 0 Å². The summed E-state index contributed by atoms with van der Waals surface area (Å²) in [7, 11) is 3.66. The molecule has 10 nitrogen and oxygen atoms in total. The maximum absolute atomic E-state index is 14.3. The molecule has 44 heavy (non-hydrogen) atoms. The van der Waals surface area contributed by atoms with Crippen molar-refractivity contribution in [1.82, 2.24) is 19.5 Å². The Hall–Kier alpha value is -4.25. The zero-order valence-electron chi connectivity index (χ0n) is 26.4. The summed E-state index contributed by atoms with van der Waals surface area (Å²) in [5.74, 6) is -0.501. The van der Waals surface area contributed by atoms with Gasteiger partial charge in [0.05, 0.1) is 40.2 Å². The average Bonchev–Trinajstić information content (AvgIpc) is 3.38. The van der Waals surface area contributed by atoms with Gasteiger partial charge in [-0.1, -0.05) is 31.5 Å². The van der Waals surface area contributed by atoms with Gasteiger partial charge in [0, 0.05) is 44.4 Å². The van der Waals surface area contributed by atoms with Crippen LogP contribution in [-0.2, 0) is 7.05 Å². The number of likely N-dealkylation sites (N-methyl/N-ethyl adjacent to an activating group) is 1. The number of rotatable bonds is 7. The van der Waals surface area contributed by atoms with Crippen molar-refractivity contribution < 1.29 is 9.18 Å². The lowest BCUT2D eigenvalue weighted by Gasteiger charge is -2.28. The van der Waals surface area contributed by atoms with E-state index in [1.807, 2.05) is 51.8 Å². The number of nitrogens with zero attached hydrogens (tertiary/aromatic N) is 6. The van der Waals surface area contributed by atoms with Gasteiger partial charge >= 0.3 is 0 Å². The zero-order valence-corrected chi connectivity index (χ0v) is 27.2. The molecule has 1 saturated heterocycles. The van der Waals surface area contributed by atoms with Crippen LogP contribution in [0.25, 0.3) is 10.9 Å². The van der Waals surface area contributed by atoms with Gasteiger partial charge in [0.1, 0.15) is 11.0 Å². The van der Waals surface area contributed by atoms with Crippen LogP contribution in [0.15, 0.2) is 41.3 Å². The van der Waals surface area contributed by atoms with Gasteiger partial charge in [-0.2, -0.15) is 0 Å². The lowest BCUT2D eigenvalue weighted by Crippen LogP contribution is -2.37. The number of benzene rings is 1. The van der Waals surface area contributed by atoms with Gasteiger partial charge in [0.15, 0.2) is 5.69 Å². The highest BCUT2D eigenvalue weighted by molar-refractivity contribution is 6.29. The lowest BCUT2D eigenvalue weighted by molar-refractivity contribution is 0.0996. The van der Waals surface area contributed by atoms with Crippen molar-refractivity contribution in [2.24, 2.45) is 12.8 Å². The molecule has 0 radical (unpaired) electrons. The number of halogens is 2. The third-order valence-electron chi connectivity index (χ3n) is 8.04. The Morgan fingerprint density at radius 1 is 1.20 bits per heavy atom. The SMILES string of the molecule is CC.Cc1cc(C(C)Nc2ccc(Cl)nc2C(N)=O)c2nc(N3C[C@@H](N(C)c4cnc(C)c(F)c4)CC3C)n(C)c(=O)c2c1. The molecule has 3 aromatic heterocycles. The summed E-state index contributed by atoms with van der Waals surface area (Å²) in [6, 6.07) is 8.31. The molecular formula is C32H40ClFN8O2. The Labute approximate surface area is 262 Å². The first-order valence-electron chi connectivity index (χ1n) is 14.7.